The van der Waals surface area contributed by atoms with Gasteiger partial charge in [0.1, 0.15) is 11.4 Å². The molecule has 1 aliphatic carbocycles. The van der Waals surface area contributed by atoms with Crippen molar-refractivity contribution in [1.82, 2.24) is 9.88 Å². The first-order valence-electron chi connectivity index (χ1n) is 9.06. The molecule has 25 heavy (non-hydrogen) atoms. The molecule has 2 aliphatic rings. The molecule has 1 aromatic rings. The molecule has 1 amide bonds. The zero-order valence-corrected chi connectivity index (χ0v) is 15.1. The molecule has 1 N–H and O–H groups in total. The first-order valence-corrected chi connectivity index (χ1v) is 9.06. The molecule has 1 aliphatic heterocycles. The molecule has 2 heterocycles. The fraction of sp³-hybridized carbons (Fsp3) is 0.632. The Hall–Kier alpha value is -1.95. The number of aliphatic hydroxyl groups is 1. The Bertz CT molecular complexity index is 624. The Labute approximate surface area is 148 Å². The van der Waals surface area contributed by atoms with Gasteiger partial charge in [0.25, 0.3) is 0 Å². The van der Waals surface area contributed by atoms with Crippen molar-refractivity contribution in [2.45, 2.75) is 44.1 Å². The summed E-state index contributed by atoms with van der Waals surface area (Å²) in [5.74, 6) is 0.539. The molecule has 0 atom stereocenters. The van der Waals surface area contributed by atoms with E-state index in [2.05, 4.69) is 9.88 Å². The van der Waals surface area contributed by atoms with Crippen LogP contribution in [0.5, 0.6) is 0 Å². The Morgan fingerprint density at radius 1 is 1.24 bits per heavy atom. The number of carbonyl (C=O) groups is 2. The minimum absolute atomic E-state index is 0.110. The Balaban J connectivity index is 1.62. The largest absolute Gasteiger partial charge is 0.384 e. The van der Waals surface area contributed by atoms with Gasteiger partial charge < -0.3 is 14.9 Å². The van der Waals surface area contributed by atoms with Crippen molar-refractivity contribution < 1.29 is 14.7 Å². The number of anilines is 1. The molecule has 2 fully saturated rings. The molecular weight excluding hydrogens is 318 g/mol. The standard InChI is InChI=1S/C19H27N3O3/c1-21(2)18(24)14-7-11-22(12-8-14)15-3-4-17(20-13-15)19(25)9-5-16(23)6-10-19/h3-4,13-14,25H,5-12H2,1-2H3. The number of pyridine rings is 1. The summed E-state index contributed by atoms with van der Waals surface area (Å²) in [6.07, 6.45) is 5.26. The van der Waals surface area contributed by atoms with Gasteiger partial charge in [0, 0.05) is 45.9 Å². The summed E-state index contributed by atoms with van der Waals surface area (Å²) in [6, 6.07) is 3.87. The Morgan fingerprint density at radius 3 is 2.40 bits per heavy atom. The fourth-order valence-corrected chi connectivity index (χ4v) is 3.80. The van der Waals surface area contributed by atoms with Crippen LogP contribution >= 0.6 is 0 Å². The van der Waals surface area contributed by atoms with Crippen molar-refractivity contribution >= 4 is 17.4 Å². The highest BCUT2D eigenvalue weighted by Gasteiger charge is 2.35. The minimum Gasteiger partial charge on any atom is -0.384 e. The molecule has 136 valence electrons. The van der Waals surface area contributed by atoms with Gasteiger partial charge in [-0.2, -0.15) is 0 Å². The second kappa shape index (κ2) is 7.12. The number of hydrogen-bond acceptors (Lipinski definition) is 5. The number of ketones is 1. The molecule has 1 aromatic heterocycles. The molecular formula is C19H27N3O3. The Kier molecular flexibility index (Phi) is 5.08. The number of carbonyl (C=O) groups excluding carboxylic acids is 2. The van der Waals surface area contributed by atoms with E-state index >= 15 is 0 Å². The highest BCUT2D eigenvalue weighted by atomic mass is 16.3. The summed E-state index contributed by atoms with van der Waals surface area (Å²) in [7, 11) is 3.61. The van der Waals surface area contributed by atoms with Crippen LogP contribution in [0.25, 0.3) is 0 Å². The average molecular weight is 345 g/mol. The summed E-state index contributed by atoms with van der Waals surface area (Å²) in [5, 5.41) is 10.7. The van der Waals surface area contributed by atoms with E-state index < -0.39 is 5.60 Å². The molecule has 0 aromatic carbocycles. The van der Waals surface area contributed by atoms with Crippen LogP contribution in [0.1, 0.15) is 44.2 Å². The van der Waals surface area contributed by atoms with Crippen molar-refractivity contribution in [2.75, 3.05) is 32.1 Å². The molecule has 6 heteroatoms. The second-order valence-corrected chi connectivity index (χ2v) is 7.47. The minimum atomic E-state index is -0.975. The lowest BCUT2D eigenvalue weighted by molar-refractivity contribution is -0.133. The molecule has 3 rings (SSSR count). The monoisotopic (exact) mass is 345 g/mol. The molecule has 0 spiro atoms. The zero-order valence-electron chi connectivity index (χ0n) is 15.1. The quantitative estimate of drug-likeness (QED) is 0.903. The third-order valence-corrected chi connectivity index (χ3v) is 5.51. The number of Topliss-reactive ketones (excluding diaryl/α,β-unsaturated/α-hetero) is 1. The summed E-state index contributed by atoms with van der Waals surface area (Å²) < 4.78 is 0. The first-order chi connectivity index (χ1) is 11.9. The van der Waals surface area contributed by atoms with Crippen LogP contribution in [0.2, 0.25) is 0 Å². The van der Waals surface area contributed by atoms with Gasteiger partial charge in [0.15, 0.2) is 0 Å². The van der Waals surface area contributed by atoms with Gasteiger partial charge in [-0.1, -0.05) is 0 Å². The molecule has 6 nitrogen and oxygen atoms in total. The lowest BCUT2D eigenvalue weighted by Crippen LogP contribution is -2.40. The third kappa shape index (κ3) is 3.84. The van der Waals surface area contributed by atoms with Gasteiger partial charge in [0.2, 0.25) is 5.91 Å². The summed E-state index contributed by atoms with van der Waals surface area (Å²) in [4.78, 5) is 31.8. The lowest BCUT2D eigenvalue weighted by atomic mass is 9.81. The molecule has 0 radical (unpaired) electrons. The highest BCUT2D eigenvalue weighted by Crippen LogP contribution is 2.35. The number of aromatic nitrogens is 1. The average Bonchev–Trinajstić information content (AvgIpc) is 2.64. The van der Waals surface area contributed by atoms with Crippen molar-refractivity contribution in [3.63, 3.8) is 0 Å². The molecule has 1 saturated heterocycles. The maximum atomic E-state index is 12.1. The van der Waals surface area contributed by atoms with Crippen molar-refractivity contribution in [1.29, 1.82) is 0 Å². The predicted octanol–water partition coefficient (Wildman–Crippen LogP) is 1.72. The van der Waals surface area contributed by atoms with Crippen LogP contribution in [0.3, 0.4) is 0 Å². The van der Waals surface area contributed by atoms with Gasteiger partial charge in [-0.15, -0.1) is 0 Å². The van der Waals surface area contributed by atoms with E-state index in [1.54, 1.807) is 25.2 Å². The molecule has 0 bridgehead atoms. The number of hydrogen-bond donors (Lipinski definition) is 1. The normalized spacial score (nSPS) is 21.2. The number of piperidine rings is 1. The first kappa shape index (κ1) is 17.9. The van der Waals surface area contributed by atoms with E-state index in [-0.39, 0.29) is 17.6 Å². The smallest absolute Gasteiger partial charge is 0.225 e. The third-order valence-electron chi connectivity index (χ3n) is 5.51. The fourth-order valence-electron chi connectivity index (χ4n) is 3.80. The molecule has 0 unspecified atom stereocenters. The number of amides is 1. The van der Waals surface area contributed by atoms with E-state index in [0.29, 0.717) is 31.4 Å². The van der Waals surface area contributed by atoms with Crippen LogP contribution in [-0.4, -0.2) is 53.9 Å². The summed E-state index contributed by atoms with van der Waals surface area (Å²) >= 11 is 0. The summed E-state index contributed by atoms with van der Waals surface area (Å²) in [5.41, 5.74) is 0.703. The lowest BCUT2D eigenvalue weighted by Gasteiger charge is -2.34. The van der Waals surface area contributed by atoms with Crippen molar-refractivity contribution in [3.8, 4) is 0 Å². The zero-order chi connectivity index (χ0) is 18.0. The number of rotatable bonds is 3. The second-order valence-electron chi connectivity index (χ2n) is 7.47. The predicted molar refractivity (Wildman–Crippen MR) is 95.2 cm³/mol. The van der Waals surface area contributed by atoms with E-state index in [1.807, 2.05) is 12.1 Å². The van der Waals surface area contributed by atoms with Gasteiger partial charge in [-0.3, -0.25) is 14.6 Å². The Morgan fingerprint density at radius 2 is 1.88 bits per heavy atom. The van der Waals surface area contributed by atoms with Crippen molar-refractivity contribution in [2.24, 2.45) is 5.92 Å². The van der Waals surface area contributed by atoms with Crippen LogP contribution in [-0.2, 0) is 15.2 Å². The maximum Gasteiger partial charge on any atom is 0.225 e. The number of nitrogens with zero attached hydrogens (tertiary/aromatic N) is 3. The van der Waals surface area contributed by atoms with E-state index in [1.165, 1.54) is 0 Å². The summed E-state index contributed by atoms with van der Waals surface area (Å²) in [6.45, 7) is 1.67. The molecule has 1 saturated carbocycles. The van der Waals surface area contributed by atoms with Crippen LogP contribution < -0.4 is 4.90 Å². The van der Waals surface area contributed by atoms with Crippen LogP contribution in [0.4, 0.5) is 5.69 Å². The topological polar surface area (TPSA) is 73.7 Å². The maximum absolute atomic E-state index is 12.1. The van der Waals surface area contributed by atoms with E-state index in [4.69, 9.17) is 0 Å². The van der Waals surface area contributed by atoms with Crippen LogP contribution in [0, 0.1) is 5.92 Å². The van der Waals surface area contributed by atoms with E-state index in [0.717, 1.165) is 31.6 Å². The van der Waals surface area contributed by atoms with Gasteiger partial charge in [-0.05, 0) is 37.8 Å². The van der Waals surface area contributed by atoms with Crippen LogP contribution in [0.15, 0.2) is 18.3 Å². The van der Waals surface area contributed by atoms with Gasteiger partial charge in [-0.25, -0.2) is 0 Å². The van der Waals surface area contributed by atoms with Gasteiger partial charge >= 0.3 is 0 Å². The van der Waals surface area contributed by atoms with E-state index in [9.17, 15) is 14.7 Å². The SMILES string of the molecule is CN(C)C(=O)C1CCN(c2ccc(C3(O)CCC(=O)CC3)nc2)CC1. The van der Waals surface area contributed by atoms with Gasteiger partial charge in [0.05, 0.1) is 17.6 Å². The van der Waals surface area contributed by atoms with Crippen molar-refractivity contribution in [3.05, 3.63) is 24.0 Å². The highest BCUT2D eigenvalue weighted by molar-refractivity contribution is 5.79.